The number of ether oxygens (including phenoxy) is 2. The van der Waals surface area contributed by atoms with E-state index in [-0.39, 0.29) is 11.1 Å². The Balaban J connectivity index is 1.55. The SMILES string of the molecule is CCCCCCCCCCCCOC(=O)c1cccc(NC(=O)C(Cl)(C(=O)c2ccc(OC)cc2)n2cccn2)c1. The predicted octanol–water partition coefficient (Wildman–Crippen LogP) is 7.38. The van der Waals surface area contributed by atoms with Gasteiger partial charge in [0.25, 0.3) is 10.9 Å². The molecule has 1 amide bonds. The lowest BCUT2D eigenvalue weighted by atomic mass is 10.0. The van der Waals surface area contributed by atoms with Crippen molar-refractivity contribution in [1.29, 1.82) is 0 Å². The predicted molar refractivity (Wildman–Crippen MR) is 161 cm³/mol. The van der Waals surface area contributed by atoms with Gasteiger partial charge in [0.2, 0.25) is 5.78 Å². The number of alkyl halides is 1. The fraction of sp³-hybridized carbons (Fsp3) is 0.438. The maximum atomic E-state index is 13.5. The quantitative estimate of drug-likeness (QED) is 0.0553. The molecule has 0 aliphatic heterocycles. The molecular weight excluding hydrogens is 542 g/mol. The van der Waals surface area contributed by atoms with E-state index >= 15 is 0 Å². The molecule has 1 unspecified atom stereocenters. The van der Waals surface area contributed by atoms with Crippen LogP contribution in [0.15, 0.2) is 67.0 Å². The molecule has 1 heterocycles. The number of aromatic nitrogens is 2. The molecule has 41 heavy (non-hydrogen) atoms. The summed E-state index contributed by atoms with van der Waals surface area (Å²) >= 11 is 6.74. The number of hydrogen-bond acceptors (Lipinski definition) is 6. The van der Waals surface area contributed by atoms with Gasteiger partial charge in [-0.3, -0.25) is 9.59 Å². The van der Waals surface area contributed by atoms with Gasteiger partial charge in [0, 0.05) is 23.6 Å². The molecular formula is C32H40ClN3O5. The Labute approximate surface area is 247 Å². The minimum Gasteiger partial charge on any atom is -0.497 e. The van der Waals surface area contributed by atoms with Gasteiger partial charge in [-0.2, -0.15) is 5.10 Å². The Hall–Kier alpha value is -3.65. The van der Waals surface area contributed by atoms with Crippen molar-refractivity contribution < 1.29 is 23.9 Å². The van der Waals surface area contributed by atoms with Gasteiger partial charge in [0.05, 0.1) is 19.3 Å². The number of unbranched alkanes of at least 4 members (excludes halogenated alkanes) is 9. The molecule has 3 aromatic rings. The van der Waals surface area contributed by atoms with Crippen molar-refractivity contribution in [1.82, 2.24) is 9.78 Å². The van der Waals surface area contributed by atoms with Crippen LogP contribution in [0.3, 0.4) is 0 Å². The van der Waals surface area contributed by atoms with Crippen molar-refractivity contribution in [3.63, 3.8) is 0 Å². The maximum Gasteiger partial charge on any atom is 0.338 e. The van der Waals surface area contributed by atoms with Gasteiger partial charge < -0.3 is 14.8 Å². The molecule has 0 spiro atoms. The van der Waals surface area contributed by atoms with Gasteiger partial charge in [-0.05, 0) is 55.0 Å². The summed E-state index contributed by atoms with van der Waals surface area (Å²) in [5.74, 6) is -1.41. The highest BCUT2D eigenvalue weighted by molar-refractivity contribution is 6.47. The lowest BCUT2D eigenvalue weighted by Gasteiger charge is -2.25. The number of ketones is 1. The molecule has 0 aliphatic carbocycles. The third-order valence-electron chi connectivity index (χ3n) is 6.86. The fourth-order valence-electron chi connectivity index (χ4n) is 4.47. The molecule has 0 aliphatic rings. The summed E-state index contributed by atoms with van der Waals surface area (Å²) in [7, 11) is 1.52. The van der Waals surface area contributed by atoms with Crippen LogP contribution in [0.4, 0.5) is 5.69 Å². The van der Waals surface area contributed by atoms with Crippen molar-refractivity contribution in [2.24, 2.45) is 0 Å². The first-order chi connectivity index (χ1) is 19.9. The number of anilines is 1. The zero-order chi connectivity index (χ0) is 29.5. The second kappa shape index (κ2) is 16.6. The third kappa shape index (κ3) is 9.18. The number of carbonyl (C=O) groups excluding carboxylic acids is 3. The molecule has 0 bridgehead atoms. The smallest absolute Gasteiger partial charge is 0.338 e. The zero-order valence-corrected chi connectivity index (χ0v) is 24.7. The van der Waals surface area contributed by atoms with E-state index in [1.54, 1.807) is 36.4 Å². The zero-order valence-electron chi connectivity index (χ0n) is 23.9. The lowest BCUT2D eigenvalue weighted by molar-refractivity contribution is -0.119. The Morgan fingerprint density at radius 2 is 1.54 bits per heavy atom. The molecule has 9 heteroatoms. The molecule has 0 saturated heterocycles. The number of esters is 1. The molecule has 0 radical (unpaired) electrons. The summed E-state index contributed by atoms with van der Waals surface area (Å²) in [6, 6.07) is 14.2. The summed E-state index contributed by atoms with van der Waals surface area (Å²) in [6.45, 7) is 2.57. The molecule has 1 aromatic heterocycles. The van der Waals surface area contributed by atoms with Crippen LogP contribution in [-0.2, 0) is 14.5 Å². The van der Waals surface area contributed by atoms with Gasteiger partial charge >= 0.3 is 5.97 Å². The molecule has 220 valence electrons. The van der Waals surface area contributed by atoms with Crippen LogP contribution in [0.1, 0.15) is 91.8 Å². The van der Waals surface area contributed by atoms with E-state index in [1.165, 1.54) is 82.6 Å². The van der Waals surface area contributed by atoms with Crippen LogP contribution in [0.25, 0.3) is 0 Å². The molecule has 0 saturated carbocycles. The normalized spacial score (nSPS) is 12.4. The third-order valence-corrected chi connectivity index (χ3v) is 7.38. The first-order valence-corrected chi connectivity index (χ1v) is 14.7. The number of amides is 1. The van der Waals surface area contributed by atoms with E-state index in [0.717, 1.165) is 23.9 Å². The first kappa shape index (κ1) is 31.9. The van der Waals surface area contributed by atoms with Crippen molar-refractivity contribution in [2.75, 3.05) is 19.0 Å². The largest absolute Gasteiger partial charge is 0.497 e. The lowest BCUT2D eigenvalue weighted by Crippen LogP contribution is -2.47. The summed E-state index contributed by atoms with van der Waals surface area (Å²) in [6.07, 6.45) is 14.8. The molecule has 1 N–H and O–H groups in total. The Kier molecular flexibility index (Phi) is 12.9. The number of methoxy groups -OCH3 is 1. The maximum absolute atomic E-state index is 13.5. The van der Waals surface area contributed by atoms with E-state index in [1.807, 2.05) is 0 Å². The monoisotopic (exact) mass is 581 g/mol. The molecule has 0 fully saturated rings. The van der Waals surface area contributed by atoms with Crippen molar-refractivity contribution >= 4 is 34.9 Å². The standard InChI is InChI=1S/C32H40ClN3O5/c1-3-4-5-6-7-8-9-10-11-12-23-41-30(38)26-15-13-16-27(24-26)35-31(39)32(33,36-22-14-21-34-36)29(37)25-17-19-28(40-2)20-18-25/h13-22,24H,3-12,23H2,1-2H3,(H,35,39). The molecule has 2 aromatic carbocycles. The van der Waals surface area contributed by atoms with E-state index in [4.69, 9.17) is 21.1 Å². The number of rotatable bonds is 18. The minimum atomic E-state index is -2.20. The van der Waals surface area contributed by atoms with Crippen LogP contribution in [0.2, 0.25) is 0 Å². The van der Waals surface area contributed by atoms with Crippen molar-refractivity contribution in [3.8, 4) is 5.75 Å². The molecule has 8 nitrogen and oxygen atoms in total. The molecule has 3 rings (SSSR count). The van der Waals surface area contributed by atoms with Crippen LogP contribution >= 0.6 is 11.6 Å². The number of benzene rings is 2. The van der Waals surface area contributed by atoms with Crippen LogP contribution in [-0.4, -0.2) is 41.2 Å². The fourth-order valence-corrected chi connectivity index (χ4v) is 4.73. The van der Waals surface area contributed by atoms with E-state index < -0.39 is 22.7 Å². The van der Waals surface area contributed by atoms with Gasteiger partial charge in [0.15, 0.2) is 0 Å². The highest BCUT2D eigenvalue weighted by atomic mass is 35.5. The summed E-state index contributed by atoms with van der Waals surface area (Å²) in [5.41, 5.74) is 0.787. The number of carbonyl (C=O) groups is 3. The Morgan fingerprint density at radius 3 is 2.15 bits per heavy atom. The summed E-state index contributed by atoms with van der Waals surface area (Å²) in [5, 5.41) is 6.73. The first-order valence-electron chi connectivity index (χ1n) is 14.4. The van der Waals surface area contributed by atoms with Crippen molar-refractivity contribution in [2.45, 2.75) is 76.1 Å². The van der Waals surface area contributed by atoms with Gasteiger partial charge in [-0.25, -0.2) is 9.48 Å². The number of hydrogen-bond donors (Lipinski definition) is 1. The van der Waals surface area contributed by atoms with E-state index in [0.29, 0.717) is 18.0 Å². The van der Waals surface area contributed by atoms with Gasteiger partial charge in [-0.1, -0.05) is 82.4 Å². The topological polar surface area (TPSA) is 99.5 Å². The van der Waals surface area contributed by atoms with Gasteiger partial charge in [0.1, 0.15) is 5.75 Å². The van der Waals surface area contributed by atoms with Crippen LogP contribution in [0.5, 0.6) is 5.75 Å². The second-order valence-electron chi connectivity index (χ2n) is 9.98. The van der Waals surface area contributed by atoms with Crippen LogP contribution < -0.4 is 10.1 Å². The highest BCUT2D eigenvalue weighted by Gasteiger charge is 2.47. The number of nitrogens with zero attached hydrogens (tertiary/aromatic N) is 2. The average molecular weight is 582 g/mol. The highest BCUT2D eigenvalue weighted by Crippen LogP contribution is 2.30. The Bertz CT molecular complexity index is 1250. The number of halogens is 1. The van der Waals surface area contributed by atoms with Crippen LogP contribution in [0, 0.1) is 0 Å². The summed E-state index contributed by atoms with van der Waals surface area (Å²) in [4.78, 5) is 37.4. The molecule has 1 atom stereocenters. The minimum absolute atomic E-state index is 0.204. The van der Waals surface area contributed by atoms with Gasteiger partial charge in [-0.15, -0.1) is 0 Å². The number of nitrogens with one attached hydrogen (secondary N) is 1. The Morgan fingerprint density at radius 1 is 0.878 bits per heavy atom. The van der Waals surface area contributed by atoms with E-state index in [2.05, 4.69) is 17.3 Å². The van der Waals surface area contributed by atoms with Crippen molar-refractivity contribution in [3.05, 3.63) is 78.1 Å². The summed E-state index contributed by atoms with van der Waals surface area (Å²) < 4.78 is 11.7. The average Bonchev–Trinajstić information content (AvgIpc) is 3.55. The number of Topliss-reactive ketones (excluding diaryl/α,β-unsaturated/α-hetero) is 1. The van der Waals surface area contributed by atoms with E-state index in [9.17, 15) is 14.4 Å². The second-order valence-corrected chi connectivity index (χ2v) is 10.5.